The molecule has 0 aliphatic carbocycles. The van der Waals surface area contributed by atoms with E-state index in [0.717, 1.165) is 5.56 Å². The number of aromatic nitrogens is 1. The molecule has 1 aromatic rings. The van der Waals surface area contributed by atoms with Crippen LogP contribution in [0.15, 0.2) is 18.3 Å². The molecule has 4 heteroatoms. The fourth-order valence-electron chi connectivity index (χ4n) is 1.02. The second-order valence-electron chi connectivity index (χ2n) is 2.84. The molecule has 0 spiro atoms. The highest BCUT2D eigenvalue weighted by atomic mass is 16.6. The van der Waals surface area contributed by atoms with Crippen LogP contribution < -0.4 is 5.73 Å². The van der Waals surface area contributed by atoms with Crippen LogP contribution in [0.5, 0.6) is 0 Å². The van der Waals surface area contributed by atoms with Crippen LogP contribution in [0.1, 0.15) is 24.3 Å². The Morgan fingerprint density at radius 1 is 1.69 bits per heavy atom. The lowest BCUT2D eigenvalue weighted by Crippen LogP contribution is -2.16. The summed E-state index contributed by atoms with van der Waals surface area (Å²) in [5, 5.41) is 0. The van der Waals surface area contributed by atoms with Gasteiger partial charge in [-0.05, 0) is 31.5 Å². The molecule has 0 saturated heterocycles. The van der Waals surface area contributed by atoms with Crippen molar-refractivity contribution in [2.75, 3.05) is 0 Å². The van der Waals surface area contributed by atoms with Crippen LogP contribution in [0.3, 0.4) is 0 Å². The summed E-state index contributed by atoms with van der Waals surface area (Å²) in [6.45, 7) is 3.68. The van der Waals surface area contributed by atoms with E-state index in [1.165, 1.54) is 0 Å². The van der Waals surface area contributed by atoms with Gasteiger partial charge in [0.25, 0.3) is 0 Å². The molecule has 0 bridgehead atoms. The van der Waals surface area contributed by atoms with Gasteiger partial charge in [-0.3, -0.25) is 4.98 Å². The van der Waals surface area contributed by atoms with E-state index < -0.39 is 12.2 Å². The smallest absolute Gasteiger partial charge is 0.405 e. The van der Waals surface area contributed by atoms with E-state index in [4.69, 9.17) is 10.5 Å². The molecule has 1 unspecified atom stereocenters. The zero-order valence-electron chi connectivity index (χ0n) is 7.65. The first-order valence-corrected chi connectivity index (χ1v) is 3.98. The average Bonchev–Trinajstić information content (AvgIpc) is 2.03. The number of pyridine rings is 1. The van der Waals surface area contributed by atoms with Crippen molar-refractivity contribution in [2.24, 2.45) is 5.73 Å². The highest BCUT2D eigenvalue weighted by Gasteiger charge is 2.09. The summed E-state index contributed by atoms with van der Waals surface area (Å²) in [4.78, 5) is 14.5. The van der Waals surface area contributed by atoms with Crippen LogP contribution in [0, 0.1) is 6.92 Å². The molecule has 1 atom stereocenters. The van der Waals surface area contributed by atoms with Crippen molar-refractivity contribution < 1.29 is 9.53 Å². The van der Waals surface area contributed by atoms with Gasteiger partial charge in [0.2, 0.25) is 0 Å². The molecule has 1 amide bonds. The van der Waals surface area contributed by atoms with Gasteiger partial charge in [0.15, 0.2) is 0 Å². The molecule has 0 fully saturated rings. The summed E-state index contributed by atoms with van der Waals surface area (Å²) in [6.07, 6.45) is 0.499. The van der Waals surface area contributed by atoms with Crippen molar-refractivity contribution in [2.45, 2.75) is 20.0 Å². The number of nitrogens with two attached hydrogens (primary N) is 1. The predicted octanol–water partition coefficient (Wildman–Crippen LogP) is 1.55. The molecule has 1 aromatic heterocycles. The first kappa shape index (κ1) is 9.51. The number of nitrogens with zero attached hydrogens (tertiary/aromatic N) is 1. The van der Waals surface area contributed by atoms with E-state index in [1.807, 2.05) is 19.1 Å². The molecule has 1 rings (SSSR count). The molecular weight excluding hydrogens is 168 g/mol. The summed E-state index contributed by atoms with van der Waals surface area (Å²) in [5.74, 6) is 0. The van der Waals surface area contributed by atoms with Crippen LogP contribution in [0.2, 0.25) is 0 Å². The first-order valence-electron chi connectivity index (χ1n) is 3.98. The lowest BCUT2D eigenvalue weighted by atomic mass is 10.2. The number of hydrogen-bond acceptors (Lipinski definition) is 3. The minimum Gasteiger partial charge on any atom is -0.440 e. The van der Waals surface area contributed by atoms with E-state index in [1.54, 1.807) is 13.1 Å². The first-order chi connectivity index (χ1) is 6.09. The number of amides is 1. The fraction of sp³-hybridized carbons (Fsp3) is 0.333. The Kier molecular flexibility index (Phi) is 2.84. The Morgan fingerprint density at radius 2 is 2.38 bits per heavy atom. The lowest BCUT2D eigenvalue weighted by Gasteiger charge is -2.10. The third kappa shape index (κ3) is 2.74. The Labute approximate surface area is 76.7 Å². The topological polar surface area (TPSA) is 65.2 Å². The van der Waals surface area contributed by atoms with Crippen molar-refractivity contribution in [3.8, 4) is 0 Å². The largest absolute Gasteiger partial charge is 0.440 e. The third-order valence-corrected chi connectivity index (χ3v) is 1.65. The molecular formula is C9H12N2O2. The van der Waals surface area contributed by atoms with Gasteiger partial charge in [0.1, 0.15) is 6.10 Å². The van der Waals surface area contributed by atoms with Gasteiger partial charge >= 0.3 is 6.09 Å². The van der Waals surface area contributed by atoms with Gasteiger partial charge in [-0.15, -0.1) is 0 Å². The zero-order chi connectivity index (χ0) is 9.84. The highest BCUT2D eigenvalue weighted by Crippen LogP contribution is 2.14. The summed E-state index contributed by atoms with van der Waals surface area (Å²) in [7, 11) is 0. The van der Waals surface area contributed by atoms with E-state index in [-0.39, 0.29) is 0 Å². The molecule has 0 radical (unpaired) electrons. The predicted molar refractivity (Wildman–Crippen MR) is 48.1 cm³/mol. The van der Waals surface area contributed by atoms with E-state index in [9.17, 15) is 4.79 Å². The van der Waals surface area contributed by atoms with Gasteiger partial charge in [-0.25, -0.2) is 4.79 Å². The second-order valence-corrected chi connectivity index (χ2v) is 2.84. The molecule has 0 aliphatic rings. The van der Waals surface area contributed by atoms with Crippen molar-refractivity contribution >= 4 is 6.09 Å². The summed E-state index contributed by atoms with van der Waals surface area (Å²) in [6, 6.07) is 3.73. The molecule has 70 valence electrons. The van der Waals surface area contributed by atoms with Crippen LogP contribution >= 0.6 is 0 Å². The van der Waals surface area contributed by atoms with Crippen molar-refractivity contribution in [1.29, 1.82) is 0 Å². The summed E-state index contributed by atoms with van der Waals surface area (Å²) < 4.78 is 4.77. The average molecular weight is 180 g/mol. The number of rotatable bonds is 2. The minimum absolute atomic E-state index is 0.391. The molecule has 13 heavy (non-hydrogen) atoms. The second kappa shape index (κ2) is 3.89. The van der Waals surface area contributed by atoms with Gasteiger partial charge < -0.3 is 10.5 Å². The molecule has 0 aromatic carbocycles. The maximum Gasteiger partial charge on any atom is 0.405 e. The van der Waals surface area contributed by atoms with E-state index in [0.29, 0.717) is 5.69 Å². The van der Waals surface area contributed by atoms with Crippen LogP contribution in [0.4, 0.5) is 4.79 Å². The molecule has 4 nitrogen and oxygen atoms in total. The maximum atomic E-state index is 10.4. The Balaban J connectivity index is 2.76. The van der Waals surface area contributed by atoms with Crippen molar-refractivity contribution in [3.05, 3.63) is 29.6 Å². The Hall–Kier alpha value is -1.58. The number of primary amides is 1. The molecule has 1 heterocycles. The normalized spacial score (nSPS) is 12.2. The zero-order valence-corrected chi connectivity index (χ0v) is 7.65. The number of ether oxygens (including phenoxy) is 1. The lowest BCUT2D eigenvalue weighted by molar-refractivity contribution is 0.114. The summed E-state index contributed by atoms with van der Waals surface area (Å²) >= 11 is 0. The van der Waals surface area contributed by atoms with Crippen LogP contribution in [0.25, 0.3) is 0 Å². The monoisotopic (exact) mass is 180 g/mol. The SMILES string of the molecule is Cc1ccnc(C(C)OC(N)=O)c1. The maximum absolute atomic E-state index is 10.4. The number of carbonyl (C=O) groups excluding carboxylic acids is 1. The van der Waals surface area contributed by atoms with E-state index in [2.05, 4.69) is 4.98 Å². The highest BCUT2D eigenvalue weighted by molar-refractivity contribution is 5.64. The van der Waals surface area contributed by atoms with Crippen molar-refractivity contribution in [3.63, 3.8) is 0 Å². The summed E-state index contributed by atoms with van der Waals surface area (Å²) in [5.41, 5.74) is 6.66. The number of aryl methyl sites for hydroxylation is 1. The van der Waals surface area contributed by atoms with Gasteiger partial charge in [0, 0.05) is 6.20 Å². The Bertz CT molecular complexity index is 312. The quantitative estimate of drug-likeness (QED) is 0.750. The Morgan fingerprint density at radius 3 is 2.92 bits per heavy atom. The number of hydrogen-bond donors (Lipinski definition) is 1. The molecule has 0 aliphatic heterocycles. The van der Waals surface area contributed by atoms with Crippen molar-refractivity contribution in [1.82, 2.24) is 4.98 Å². The molecule has 2 N–H and O–H groups in total. The van der Waals surface area contributed by atoms with Gasteiger partial charge in [-0.2, -0.15) is 0 Å². The van der Waals surface area contributed by atoms with Crippen LogP contribution in [-0.2, 0) is 4.74 Å². The van der Waals surface area contributed by atoms with Gasteiger partial charge in [-0.1, -0.05) is 0 Å². The number of carbonyl (C=O) groups is 1. The van der Waals surface area contributed by atoms with Crippen LogP contribution in [-0.4, -0.2) is 11.1 Å². The fourth-order valence-corrected chi connectivity index (χ4v) is 1.02. The third-order valence-electron chi connectivity index (χ3n) is 1.65. The molecule has 0 saturated carbocycles. The standard InChI is InChI=1S/C9H12N2O2/c1-6-3-4-11-8(5-6)7(2)13-9(10)12/h3-5,7H,1-2H3,(H2,10,12). The van der Waals surface area contributed by atoms with Gasteiger partial charge in [0.05, 0.1) is 5.69 Å². The minimum atomic E-state index is -0.782. The van der Waals surface area contributed by atoms with E-state index >= 15 is 0 Å².